The van der Waals surface area contributed by atoms with E-state index in [2.05, 4.69) is 38.1 Å². The number of nitrogens with one attached hydrogen (secondary N) is 1. The first kappa shape index (κ1) is 18.3. The van der Waals surface area contributed by atoms with Crippen molar-refractivity contribution in [3.8, 4) is 0 Å². The first-order chi connectivity index (χ1) is 11.1. The SMILES string of the molecule is COC(=O)CSCCC(=O)NC(c1ccc(Br)cc1)C1CCC1. The molecule has 1 fully saturated rings. The first-order valence-electron chi connectivity index (χ1n) is 7.79. The number of halogens is 1. The molecule has 0 spiro atoms. The highest BCUT2D eigenvalue weighted by atomic mass is 79.9. The summed E-state index contributed by atoms with van der Waals surface area (Å²) in [6, 6.07) is 8.26. The fraction of sp³-hybridized carbons (Fsp3) is 0.529. The van der Waals surface area contributed by atoms with Crippen LogP contribution in [0.15, 0.2) is 28.7 Å². The van der Waals surface area contributed by atoms with Crippen LogP contribution in [0.25, 0.3) is 0 Å². The van der Waals surface area contributed by atoms with E-state index in [1.54, 1.807) is 0 Å². The highest BCUT2D eigenvalue weighted by Gasteiger charge is 2.29. The smallest absolute Gasteiger partial charge is 0.315 e. The molecule has 1 unspecified atom stereocenters. The third-order valence-electron chi connectivity index (χ3n) is 4.09. The van der Waals surface area contributed by atoms with Gasteiger partial charge in [-0.2, -0.15) is 0 Å². The standard InChI is InChI=1S/C17H22BrNO3S/c1-22-16(21)11-23-10-9-15(20)19-17(12-3-2-4-12)13-5-7-14(18)8-6-13/h5-8,12,17H,2-4,9-11H2,1H3,(H,19,20). The van der Waals surface area contributed by atoms with Gasteiger partial charge in [-0.25, -0.2) is 0 Å². The summed E-state index contributed by atoms with van der Waals surface area (Å²) in [5.41, 5.74) is 1.16. The van der Waals surface area contributed by atoms with E-state index >= 15 is 0 Å². The molecule has 1 atom stereocenters. The molecular weight excluding hydrogens is 378 g/mol. The van der Waals surface area contributed by atoms with Crippen molar-refractivity contribution < 1.29 is 14.3 Å². The summed E-state index contributed by atoms with van der Waals surface area (Å²) in [6.07, 6.45) is 3.99. The molecule has 1 aliphatic rings. The highest BCUT2D eigenvalue weighted by molar-refractivity contribution is 9.10. The molecule has 0 heterocycles. The minimum absolute atomic E-state index is 0.0437. The molecule has 1 N–H and O–H groups in total. The maximum absolute atomic E-state index is 12.2. The summed E-state index contributed by atoms with van der Waals surface area (Å²) in [4.78, 5) is 23.2. The van der Waals surface area contributed by atoms with Crippen molar-refractivity contribution >= 4 is 39.6 Å². The van der Waals surface area contributed by atoms with Crippen molar-refractivity contribution in [1.29, 1.82) is 0 Å². The lowest BCUT2D eigenvalue weighted by Gasteiger charge is -2.34. The molecule has 4 nitrogen and oxygen atoms in total. The summed E-state index contributed by atoms with van der Waals surface area (Å²) in [6.45, 7) is 0. The lowest BCUT2D eigenvalue weighted by molar-refractivity contribution is -0.137. The molecule has 0 bridgehead atoms. The van der Waals surface area contributed by atoms with Crippen LogP contribution in [0.2, 0.25) is 0 Å². The lowest BCUT2D eigenvalue weighted by atomic mass is 9.77. The van der Waals surface area contributed by atoms with Gasteiger partial charge >= 0.3 is 5.97 Å². The predicted octanol–water partition coefficient (Wildman–Crippen LogP) is 3.70. The average Bonchev–Trinajstić information content (AvgIpc) is 2.49. The van der Waals surface area contributed by atoms with Gasteiger partial charge in [0.1, 0.15) is 0 Å². The van der Waals surface area contributed by atoms with Gasteiger partial charge in [0.2, 0.25) is 5.91 Å². The third kappa shape index (κ3) is 5.84. The van der Waals surface area contributed by atoms with Crippen LogP contribution in [0, 0.1) is 5.92 Å². The van der Waals surface area contributed by atoms with Crippen molar-refractivity contribution in [2.24, 2.45) is 5.92 Å². The monoisotopic (exact) mass is 399 g/mol. The first-order valence-corrected chi connectivity index (χ1v) is 9.74. The second kappa shape index (κ2) is 9.33. The number of carbonyl (C=O) groups excluding carboxylic acids is 2. The number of thioether (sulfide) groups is 1. The molecular formula is C17H22BrNO3S. The van der Waals surface area contributed by atoms with E-state index in [-0.39, 0.29) is 17.9 Å². The van der Waals surface area contributed by atoms with Crippen molar-refractivity contribution in [1.82, 2.24) is 5.32 Å². The second-order valence-corrected chi connectivity index (χ2v) is 7.69. The predicted molar refractivity (Wildman–Crippen MR) is 96.3 cm³/mol. The zero-order valence-corrected chi connectivity index (χ0v) is 15.6. The maximum atomic E-state index is 12.2. The Morgan fingerprint density at radius 3 is 2.61 bits per heavy atom. The van der Waals surface area contributed by atoms with E-state index in [1.807, 2.05) is 12.1 Å². The van der Waals surface area contributed by atoms with Crippen molar-refractivity contribution in [2.75, 3.05) is 18.6 Å². The van der Waals surface area contributed by atoms with Crippen LogP contribution in [0.5, 0.6) is 0 Å². The second-order valence-electron chi connectivity index (χ2n) is 5.67. The molecule has 1 saturated carbocycles. The van der Waals surface area contributed by atoms with E-state index in [4.69, 9.17) is 0 Å². The molecule has 126 valence electrons. The van der Waals surface area contributed by atoms with E-state index in [9.17, 15) is 9.59 Å². The Morgan fingerprint density at radius 2 is 2.04 bits per heavy atom. The number of esters is 1. The highest BCUT2D eigenvalue weighted by Crippen LogP contribution is 2.38. The van der Waals surface area contributed by atoms with E-state index in [0.29, 0.717) is 23.8 Å². The minimum atomic E-state index is -0.252. The van der Waals surface area contributed by atoms with Crippen LogP contribution >= 0.6 is 27.7 Å². The van der Waals surface area contributed by atoms with Gasteiger partial charge in [-0.15, -0.1) is 11.8 Å². The van der Waals surface area contributed by atoms with Gasteiger partial charge in [-0.05, 0) is 36.5 Å². The number of carbonyl (C=O) groups is 2. The molecule has 1 aromatic carbocycles. The molecule has 6 heteroatoms. The van der Waals surface area contributed by atoms with E-state index in [1.165, 1.54) is 25.3 Å². The van der Waals surface area contributed by atoms with Gasteiger partial charge in [0.25, 0.3) is 0 Å². The van der Waals surface area contributed by atoms with Crippen molar-refractivity contribution in [3.63, 3.8) is 0 Å². The number of hydrogen-bond donors (Lipinski definition) is 1. The molecule has 23 heavy (non-hydrogen) atoms. The Bertz CT molecular complexity index is 531. The zero-order valence-electron chi connectivity index (χ0n) is 13.2. The van der Waals surface area contributed by atoms with Crippen LogP contribution < -0.4 is 5.32 Å². The Labute approximate surface area is 149 Å². The molecule has 2 rings (SSSR count). The summed E-state index contributed by atoms with van der Waals surface area (Å²) in [5.74, 6) is 1.24. The fourth-order valence-corrected chi connectivity index (χ4v) is 3.56. The molecule has 1 amide bonds. The summed E-state index contributed by atoms with van der Waals surface area (Å²) in [5, 5.41) is 3.17. The number of hydrogen-bond acceptors (Lipinski definition) is 4. The number of rotatable bonds is 8. The van der Waals surface area contributed by atoms with Gasteiger partial charge in [-0.3, -0.25) is 9.59 Å². The minimum Gasteiger partial charge on any atom is -0.468 e. The molecule has 1 aromatic rings. The number of methoxy groups -OCH3 is 1. The quantitative estimate of drug-likeness (QED) is 0.534. The molecule has 0 radical (unpaired) electrons. The average molecular weight is 400 g/mol. The normalized spacial score (nSPS) is 15.6. The van der Waals surface area contributed by atoms with Crippen molar-refractivity contribution in [3.05, 3.63) is 34.3 Å². The molecule has 0 saturated heterocycles. The number of amides is 1. The zero-order chi connectivity index (χ0) is 16.7. The van der Waals surface area contributed by atoms with Gasteiger partial charge in [0.15, 0.2) is 0 Å². The Balaban J connectivity index is 1.84. The van der Waals surface area contributed by atoms with Gasteiger partial charge in [0, 0.05) is 16.6 Å². The topological polar surface area (TPSA) is 55.4 Å². The molecule has 0 aliphatic heterocycles. The van der Waals surface area contributed by atoms with Crippen LogP contribution in [0.3, 0.4) is 0 Å². The molecule has 1 aliphatic carbocycles. The Kier molecular flexibility index (Phi) is 7.43. The summed E-state index contributed by atoms with van der Waals surface area (Å²) in [7, 11) is 1.37. The van der Waals surface area contributed by atoms with Crippen LogP contribution in [0.1, 0.15) is 37.3 Å². The van der Waals surface area contributed by atoms with Crippen molar-refractivity contribution in [2.45, 2.75) is 31.7 Å². The summed E-state index contributed by atoms with van der Waals surface area (Å²) < 4.78 is 5.62. The Morgan fingerprint density at radius 1 is 1.35 bits per heavy atom. The lowest BCUT2D eigenvalue weighted by Crippen LogP contribution is -2.36. The fourth-order valence-electron chi connectivity index (χ4n) is 2.54. The van der Waals surface area contributed by atoms with Gasteiger partial charge in [0.05, 0.1) is 18.9 Å². The van der Waals surface area contributed by atoms with Crippen LogP contribution in [0.4, 0.5) is 0 Å². The van der Waals surface area contributed by atoms with Gasteiger partial charge < -0.3 is 10.1 Å². The third-order valence-corrected chi connectivity index (χ3v) is 5.55. The maximum Gasteiger partial charge on any atom is 0.315 e. The molecule has 0 aromatic heterocycles. The summed E-state index contributed by atoms with van der Waals surface area (Å²) >= 11 is 4.87. The van der Waals surface area contributed by atoms with E-state index < -0.39 is 0 Å². The van der Waals surface area contributed by atoms with E-state index in [0.717, 1.165) is 22.9 Å². The largest absolute Gasteiger partial charge is 0.468 e. The Hall–Kier alpha value is -1.01. The van der Waals surface area contributed by atoms with Crippen LogP contribution in [-0.2, 0) is 14.3 Å². The van der Waals surface area contributed by atoms with Crippen LogP contribution in [-0.4, -0.2) is 30.5 Å². The number of ether oxygens (including phenoxy) is 1. The van der Waals surface area contributed by atoms with Gasteiger partial charge in [-0.1, -0.05) is 34.5 Å². The number of benzene rings is 1.